The van der Waals surface area contributed by atoms with Gasteiger partial charge in [0.2, 0.25) is 0 Å². The van der Waals surface area contributed by atoms with Crippen molar-refractivity contribution in [2.75, 3.05) is 26.8 Å². The van der Waals surface area contributed by atoms with Crippen LogP contribution in [0.3, 0.4) is 0 Å². The Morgan fingerprint density at radius 3 is 2.56 bits per heavy atom. The summed E-state index contributed by atoms with van der Waals surface area (Å²) in [7, 11) is 1.70. The van der Waals surface area contributed by atoms with Gasteiger partial charge in [0, 0.05) is 31.6 Å². The lowest BCUT2D eigenvalue weighted by Crippen LogP contribution is -2.55. The molecule has 1 fully saturated rings. The lowest BCUT2D eigenvalue weighted by atomic mass is 9.79. The lowest BCUT2D eigenvalue weighted by Gasteiger charge is -2.50. The zero-order valence-electron chi connectivity index (χ0n) is 16.2. The molecule has 27 heavy (non-hydrogen) atoms. The lowest BCUT2D eigenvalue weighted by molar-refractivity contribution is -0.157. The molecule has 4 nitrogen and oxygen atoms in total. The van der Waals surface area contributed by atoms with Crippen molar-refractivity contribution in [3.63, 3.8) is 0 Å². The molecule has 2 aromatic carbocycles. The van der Waals surface area contributed by atoms with Gasteiger partial charge in [0.15, 0.2) is 0 Å². The van der Waals surface area contributed by atoms with Crippen LogP contribution >= 0.6 is 12.4 Å². The first-order chi connectivity index (χ1) is 12.5. The molecule has 0 N–H and O–H groups in total. The Labute approximate surface area is 167 Å². The maximum Gasteiger partial charge on any atom is 0.126 e. The summed E-state index contributed by atoms with van der Waals surface area (Å²) in [5.41, 5.74) is 1.93. The Morgan fingerprint density at radius 1 is 1.07 bits per heavy atom. The van der Waals surface area contributed by atoms with E-state index in [0.29, 0.717) is 0 Å². The van der Waals surface area contributed by atoms with E-state index in [4.69, 9.17) is 14.2 Å². The fourth-order valence-electron chi connectivity index (χ4n) is 4.30. The molecule has 2 aromatic rings. The molecule has 1 spiro atoms. The smallest absolute Gasteiger partial charge is 0.126 e. The number of ether oxygens (including phenoxy) is 3. The maximum atomic E-state index is 6.43. The summed E-state index contributed by atoms with van der Waals surface area (Å²) in [4.78, 5) is 2.49. The van der Waals surface area contributed by atoms with Crippen LogP contribution in [0.4, 0.5) is 0 Å². The van der Waals surface area contributed by atoms with Gasteiger partial charge in [-0.2, -0.15) is 0 Å². The van der Waals surface area contributed by atoms with Crippen LogP contribution in [0.15, 0.2) is 48.5 Å². The second-order valence-electron chi connectivity index (χ2n) is 7.94. The van der Waals surface area contributed by atoms with Crippen LogP contribution in [-0.4, -0.2) is 37.3 Å². The topological polar surface area (TPSA) is 30.9 Å². The molecule has 0 aliphatic carbocycles. The van der Waals surface area contributed by atoms with Crippen molar-refractivity contribution in [2.45, 2.75) is 38.0 Å². The quantitative estimate of drug-likeness (QED) is 0.778. The Hall–Kier alpha value is -1.75. The van der Waals surface area contributed by atoms with Gasteiger partial charge in [-0.05, 0) is 37.6 Å². The van der Waals surface area contributed by atoms with Crippen LogP contribution < -0.4 is 9.47 Å². The minimum atomic E-state index is -0.303. The highest BCUT2D eigenvalue weighted by Gasteiger charge is 2.48. The van der Waals surface area contributed by atoms with Crippen molar-refractivity contribution in [3.05, 3.63) is 59.7 Å². The molecule has 1 unspecified atom stereocenters. The largest absolute Gasteiger partial charge is 0.497 e. The van der Waals surface area contributed by atoms with Gasteiger partial charge in [-0.25, -0.2) is 0 Å². The highest BCUT2D eigenvalue weighted by atomic mass is 35.5. The van der Waals surface area contributed by atoms with Gasteiger partial charge in [-0.15, -0.1) is 12.4 Å². The average molecular weight is 390 g/mol. The van der Waals surface area contributed by atoms with E-state index in [1.807, 2.05) is 18.2 Å². The van der Waals surface area contributed by atoms with Gasteiger partial charge in [0.05, 0.1) is 13.7 Å². The monoisotopic (exact) mass is 389 g/mol. The van der Waals surface area contributed by atoms with Crippen molar-refractivity contribution in [1.29, 1.82) is 0 Å². The Kier molecular flexibility index (Phi) is 5.71. The maximum absolute atomic E-state index is 6.43. The molecule has 0 radical (unpaired) electrons. The van der Waals surface area contributed by atoms with E-state index in [1.165, 1.54) is 11.1 Å². The van der Waals surface area contributed by atoms with Gasteiger partial charge < -0.3 is 14.2 Å². The molecule has 4 rings (SSSR count). The van der Waals surface area contributed by atoms with E-state index < -0.39 is 0 Å². The van der Waals surface area contributed by atoms with Crippen molar-refractivity contribution in [3.8, 4) is 11.5 Å². The van der Waals surface area contributed by atoms with E-state index in [2.05, 4.69) is 49.1 Å². The third-order valence-corrected chi connectivity index (χ3v) is 5.31. The number of morpholine rings is 1. The summed E-state index contributed by atoms with van der Waals surface area (Å²) in [6, 6.07) is 16.7. The standard InChI is InChI=1S/C22H27NO3.ClH/c1-21(2)15-22(19-6-4-5-7-20(19)26-21)16-23(12-13-25-22)14-17-8-10-18(24-3)11-9-17;/h4-11H,12-16H2,1-3H3;1H. The number of halogens is 1. The SMILES string of the molecule is COc1ccc(CN2CCOC3(C2)CC(C)(C)Oc2ccccc23)cc1.Cl. The van der Waals surface area contributed by atoms with Gasteiger partial charge in [0.25, 0.3) is 0 Å². The molecular formula is C22H28ClNO3. The fourth-order valence-corrected chi connectivity index (χ4v) is 4.30. The zero-order valence-corrected chi connectivity index (χ0v) is 17.1. The number of para-hydroxylation sites is 1. The first kappa shape index (κ1) is 20.0. The minimum absolute atomic E-state index is 0. The Bertz CT molecular complexity index is 777. The normalized spacial score (nSPS) is 23.8. The molecule has 0 aromatic heterocycles. The van der Waals surface area contributed by atoms with Crippen LogP contribution in [0.2, 0.25) is 0 Å². The van der Waals surface area contributed by atoms with Gasteiger partial charge in [0.1, 0.15) is 22.7 Å². The number of nitrogens with zero attached hydrogens (tertiary/aromatic N) is 1. The predicted octanol–water partition coefficient (Wildman–Crippen LogP) is 4.41. The van der Waals surface area contributed by atoms with Crippen molar-refractivity contribution >= 4 is 12.4 Å². The third kappa shape index (κ3) is 4.08. The number of fused-ring (bicyclic) bond motifs is 2. The summed E-state index contributed by atoms with van der Waals surface area (Å²) < 4.78 is 17.9. The van der Waals surface area contributed by atoms with Crippen LogP contribution in [0, 0.1) is 0 Å². The molecule has 2 aliphatic rings. The summed E-state index contributed by atoms with van der Waals surface area (Å²) in [6.45, 7) is 7.77. The molecule has 5 heteroatoms. The molecule has 1 atom stereocenters. The first-order valence-corrected chi connectivity index (χ1v) is 9.28. The van der Waals surface area contributed by atoms with Crippen molar-refractivity contribution in [1.82, 2.24) is 4.90 Å². The van der Waals surface area contributed by atoms with E-state index in [0.717, 1.165) is 44.2 Å². The summed E-state index contributed by atoms with van der Waals surface area (Å²) >= 11 is 0. The molecule has 146 valence electrons. The molecule has 0 saturated carbocycles. The highest BCUT2D eigenvalue weighted by molar-refractivity contribution is 5.85. The predicted molar refractivity (Wildman–Crippen MR) is 109 cm³/mol. The van der Waals surface area contributed by atoms with Crippen molar-refractivity contribution in [2.24, 2.45) is 0 Å². The van der Waals surface area contributed by atoms with E-state index in [1.54, 1.807) is 7.11 Å². The van der Waals surface area contributed by atoms with Crippen LogP contribution in [0.1, 0.15) is 31.4 Å². The highest BCUT2D eigenvalue weighted by Crippen LogP contribution is 2.47. The third-order valence-electron chi connectivity index (χ3n) is 5.31. The molecule has 0 bridgehead atoms. The van der Waals surface area contributed by atoms with Gasteiger partial charge in [-0.1, -0.05) is 30.3 Å². The number of benzene rings is 2. The number of hydrogen-bond donors (Lipinski definition) is 0. The van der Waals surface area contributed by atoms with E-state index in [-0.39, 0.29) is 23.6 Å². The van der Waals surface area contributed by atoms with E-state index >= 15 is 0 Å². The Morgan fingerprint density at radius 2 is 1.81 bits per heavy atom. The Balaban J connectivity index is 0.00000210. The van der Waals surface area contributed by atoms with Crippen LogP contribution in [0.25, 0.3) is 0 Å². The second kappa shape index (κ2) is 7.70. The molecular weight excluding hydrogens is 362 g/mol. The van der Waals surface area contributed by atoms with Gasteiger partial charge >= 0.3 is 0 Å². The zero-order chi connectivity index (χ0) is 18.2. The summed E-state index contributed by atoms with van der Waals surface area (Å²) in [6.07, 6.45) is 0.857. The fraction of sp³-hybridized carbons (Fsp3) is 0.455. The van der Waals surface area contributed by atoms with Crippen molar-refractivity contribution < 1.29 is 14.2 Å². The summed E-state index contributed by atoms with van der Waals surface area (Å²) in [5.74, 6) is 1.85. The van der Waals surface area contributed by atoms with E-state index in [9.17, 15) is 0 Å². The molecule has 0 amide bonds. The van der Waals surface area contributed by atoms with Crippen LogP contribution in [-0.2, 0) is 16.9 Å². The minimum Gasteiger partial charge on any atom is -0.497 e. The average Bonchev–Trinajstić information content (AvgIpc) is 2.61. The molecule has 1 saturated heterocycles. The second-order valence-corrected chi connectivity index (χ2v) is 7.94. The summed E-state index contributed by atoms with van der Waals surface area (Å²) in [5, 5.41) is 0. The molecule has 2 aliphatic heterocycles. The first-order valence-electron chi connectivity index (χ1n) is 9.28. The van der Waals surface area contributed by atoms with Gasteiger partial charge in [-0.3, -0.25) is 4.90 Å². The van der Waals surface area contributed by atoms with Crippen LogP contribution in [0.5, 0.6) is 11.5 Å². The molecule has 2 heterocycles. The number of rotatable bonds is 3. The number of hydrogen-bond acceptors (Lipinski definition) is 4. The number of methoxy groups -OCH3 is 1.